The number of anilines is 1. The average Bonchev–Trinajstić information content (AvgIpc) is 2.72. The predicted molar refractivity (Wildman–Crippen MR) is 65.5 cm³/mol. The Balaban J connectivity index is 2.04. The number of halogens is 1. The first kappa shape index (κ1) is 13.0. The molecule has 2 N–H and O–H groups in total. The lowest BCUT2D eigenvalue weighted by atomic mass is 10.1. The van der Waals surface area contributed by atoms with Crippen LogP contribution in [0.5, 0.6) is 0 Å². The van der Waals surface area contributed by atoms with Crippen molar-refractivity contribution in [3.63, 3.8) is 0 Å². The van der Waals surface area contributed by atoms with E-state index in [4.69, 9.17) is 11.6 Å². The van der Waals surface area contributed by atoms with E-state index in [0.29, 0.717) is 18.9 Å². The van der Waals surface area contributed by atoms with Crippen molar-refractivity contribution in [1.29, 1.82) is 0 Å². The zero-order chi connectivity index (χ0) is 13.1. The summed E-state index contributed by atoms with van der Waals surface area (Å²) < 4.78 is 0. The second-order valence-electron chi connectivity index (χ2n) is 4.34. The molecule has 1 aromatic rings. The molecule has 0 spiro atoms. The standard InChI is InChI=1S/C10H13ClN4O3/c11-10-13-5-8(15(17)18)9(14-10)12-4-6-1-2-7(16)3-6/h5-7,16H,1-4H2,(H,12,13,14). The summed E-state index contributed by atoms with van der Waals surface area (Å²) in [5, 5.41) is 23.1. The number of nitrogens with one attached hydrogen (secondary N) is 1. The summed E-state index contributed by atoms with van der Waals surface area (Å²) in [4.78, 5) is 17.6. The molecule has 1 heterocycles. The molecule has 0 aromatic carbocycles. The minimum Gasteiger partial charge on any atom is -0.393 e. The van der Waals surface area contributed by atoms with Gasteiger partial charge in [0.05, 0.1) is 11.0 Å². The number of nitrogens with zero attached hydrogens (tertiary/aromatic N) is 3. The summed E-state index contributed by atoms with van der Waals surface area (Å²) in [6, 6.07) is 0. The van der Waals surface area contributed by atoms with E-state index in [1.54, 1.807) is 0 Å². The Bertz CT molecular complexity index is 457. The minimum atomic E-state index is -0.553. The third kappa shape index (κ3) is 3.05. The molecule has 0 aliphatic heterocycles. The van der Waals surface area contributed by atoms with Crippen molar-refractivity contribution in [2.75, 3.05) is 11.9 Å². The zero-order valence-electron chi connectivity index (χ0n) is 9.54. The Morgan fingerprint density at radius 2 is 2.39 bits per heavy atom. The summed E-state index contributed by atoms with van der Waals surface area (Å²) in [5.74, 6) is 0.426. The smallest absolute Gasteiger partial charge is 0.329 e. The highest BCUT2D eigenvalue weighted by atomic mass is 35.5. The lowest BCUT2D eigenvalue weighted by molar-refractivity contribution is -0.384. The summed E-state index contributed by atoms with van der Waals surface area (Å²) in [7, 11) is 0. The van der Waals surface area contributed by atoms with Crippen molar-refractivity contribution in [2.24, 2.45) is 5.92 Å². The lowest BCUT2D eigenvalue weighted by Gasteiger charge is -2.11. The van der Waals surface area contributed by atoms with Gasteiger partial charge in [0.15, 0.2) is 0 Å². The summed E-state index contributed by atoms with van der Waals surface area (Å²) in [6.07, 6.45) is 3.21. The molecule has 0 saturated heterocycles. The van der Waals surface area contributed by atoms with Crippen LogP contribution in [-0.2, 0) is 0 Å². The lowest BCUT2D eigenvalue weighted by Crippen LogP contribution is -2.14. The molecule has 1 aliphatic carbocycles. The summed E-state index contributed by atoms with van der Waals surface area (Å²) in [6.45, 7) is 0.533. The molecule has 2 atom stereocenters. The first-order valence-electron chi connectivity index (χ1n) is 5.65. The normalized spacial score (nSPS) is 23.0. The van der Waals surface area contributed by atoms with Gasteiger partial charge in [0.1, 0.15) is 6.20 Å². The van der Waals surface area contributed by atoms with Crippen LogP contribution in [0, 0.1) is 16.0 Å². The van der Waals surface area contributed by atoms with Gasteiger partial charge in [-0.3, -0.25) is 10.1 Å². The fourth-order valence-corrected chi connectivity index (χ4v) is 2.23. The Kier molecular flexibility index (Phi) is 3.93. The van der Waals surface area contributed by atoms with Crippen LogP contribution in [-0.4, -0.2) is 32.6 Å². The van der Waals surface area contributed by atoms with E-state index in [1.807, 2.05) is 0 Å². The highest BCUT2D eigenvalue weighted by Gasteiger charge is 2.24. The van der Waals surface area contributed by atoms with E-state index in [2.05, 4.69) is 15.3 Å². The van der Waals surface area contributed by atoms with Crippen molar-refractivity contribution in [2.45, 2.75) is 25.4 Å². The van der Waals surface area contributed by atoms with Crippen LogP contribution in [0.1, 0.15) is 19.3 Å². The van der Waals surface area contributed by atoms with Gasteiger partial charge < -0.3 is 10.4 Å². The molecule has 8 heteroatoms. The van der Waals surface area contributed by atoms with Crippen LogP contribution in [0.2, 0.25) is 5.28 Å². The Morgan fingerprint density at radius 3 is 3.00 bits per heavy atom. The maximum atomic E-state index is 10.8. The second kappa shape index (κ2) is 5.45. The highest BCUT2D eigenvalue weighted by molar-refractivity contribution is 6.28. The summed E-state index contributed by atoms with van der Waals surface area (Å²) in [5.41, 5.74) is -0.196. The molecule has 2 rings (SSSR count). The molecule has 18 heavy (non-hydrogen) atoms. The van der Waals surface area contributed by atoms with Gasteiger partial charge in [-0.2, -0.15) is 4.98 Å². The summed E-state index contributed by atoms with van der Waals surface area (Å²) >= 11 is 5.62. The fraction of sp³-hybridized carbons (Fsp3) is 0.600. The van der Waals surface area contributed by atoms with Crippen molar-refractivity contribution >= 4 is 23.1 Å². The molecule has 1 aliphatic rings. The quantitative estimate of drug-likeness (QED) is 0.490. The van der Waals surface area contributed by atoms with Gasteiger partial charge in [0.2, 0.25) is 11.1 Å². The number of nitro groups is 1. The molecule has 2 unspecified atom stereocenters. The van der Waals surface area contributed by atoms with Crippen LogP contribution >= 0.6 is 11.6 Å². The van der Waals surface area contributed by atoms with Crippen LogP contribution < -0.4 is 5.32 Å². The number of aliphatic hydroxyl groups excluding tert-OH is 1. The monoisotopic (exact) mass is 272 g/mol. The molecule has 1 saturated carbocycles. The number of hydrogen-bond acceptors (Lipinski definition) is 6. The average molecular weight is 273 g/mol. The van der Waals surface area contributed by atoms with E-state index < -0.39 is 4.92 Å². The molecule has 1 fully saturated rings. The minimum absolute atomic E-state index is 0.0328. The predicted octanol–water partition coefficient (Wildman–Crippen LogP) is 1.61. The maximum Gasteiger partial charge on any atom is 0.329 e. The van der Waals surface area contributed by atoms with Crippen LogP contribution in [0.15, 0.2) is 6.20 Å². The molecular formula is C10H13ClN4O3. The molecule has 1 aromatic heterocycles. The van der Waals surface area contributed by atoms with Crippen molar-refractivity contribution < 1.29 is 10.0 Å². The number of aliphatic hydroxyl groups is 1. The molecule has 0 bridgehead atoms. The number of aromatic nitrogens is 2. The maximum absolute atomic E-state index is 10.8. The van der Waals surface area contributed by atoms with Crippen LogP contribution in [0.25, 0.3) is 0 Å². The van der Waals surface area contributed by atoms with E-state index in [1.165, 1.54) is 0 Å². The SMILES string of the molecule is O=[N+]([O-])c1cnc(Cl)nc1NCC1CCC(O)C1. The Hall–Kier alpha value is -1.47. The first-order valence-corrected chi connectivity index (χ1v) is 6.03. The fourth-order valence-electron chi connectivity index (χ4n) is 2.09. The van der Waals surface area contributed by atoms with Gasteiger partial charge >= 0.3 is 5.69 Å². The van der Waals surface area contributed by atoms with Gasteiger partial charge in [-0.05, 0) is 36.8 Å². The molecule has 98 valence electrons. The van der Waals surface area contributed by atoms with Gasteiger partial charge in [0.25, 0.3) is 0 Å². The van der Waals surface area contributed by atoms with Crippen molar-refractivity contribution in [3.05, 3.63) is 21.6 Å². The molecular weight excluding hydrogens is 260 g/mol. The number of hydrogen-bond donors (Lipinski definition) is 2. The van der Waals surface area contributed by atoms with Gasteiger partial charge in [0, 0.05) is 6.54 Å². The van der Waals surface area contributed by atoms with Gasteiger partial charge in [-0.25, -0.2) is 4.98 Å². The second-order valence-corrected chi connectivity index (χ2v) is 4.68. The van der Waals surface area contributed by atoms with E-state index in [9.17, 15) is 15.2 Å². The molecule has 7 nitrogen and oxygen atoms in total. The van der Waals surface area contributed by atoms with Gasteiger partial charge in [-0.1, -0.05) is 0 Å². The Labute approximate surface area is 108 Å². The van der Waals surface area contributed by atoms with Gasteiger partial charge in [-0.15, -0.1) is 0 Å². The zero-order valence-corrected chi connectivity index (χ0v) is 10.3. The largest absolute Gasteiger partial charge is 0.393 e. The highest BCUT2D eigenvalue weighted by Crippen LogP contribution is 2.27. The molecule has 0 radical (unpaired) electrons. The molecule has 0 amide bonds. The first-order chi connectivity index (χ1) is 8.56. The van der Waals surface area contributed by atoms with E-state index in [-0.39, 0.29) is 22.9 Å². The van der Waals surface area contributed by atoms with Crippen molar-refractivity contribution in [1.82, 2.24) is 9.97 Å². The Morgan fingerprint density at radius 1 is 1.61 bits per heavy atom. The third-order valence-electron chi connectivity index (χ3n) is 3.01. The third-order valence-corrected chi connectivity index (χ3v) is 3.19. The van der Waals surface area contributed by atoms with E-state index >= 15 is 0 Å². The number of rotatable bonds is 4. The topological polar surface area (TPSA) is 101 Å². The van der Waals surface area contributed by atoms with Crippen molar-refractivity contribution in [3.8, 4) is 0 Å². The van der Waals surface area contributed by atoms with Crippen LogP contribution in [0.3, 0.4) is 0 Å². The van der Waals surface area contributed by atoms with Crippen LogP contribution in [0.4, 0.5) is 11.5 Å². The van der Waals surface area contributed by atoms with E-state index in [0.717, 1.165) is 19.0 Å².